The Kier molecular flexibility index (Phi) is 3.10. The second kappa shape index (κ2) is 4.70. The number of nitrogens with one attached hydrogen (secondary N) is 1. The Labute approximate surface area is 99.2 Å². The van der Waals surface area contributed by atoms with Crippen molar-refractivity contribution >= 4 is 27.7 Å². The molecule has 0 aliphatic heterocycles. The van der Waals surface area contributed by atoms with Crippen molar-refractivity contribution in [1.82, 2.24) is 4.98 Å². The van der Waals surface area contributed by atoms with Gasteiger partial charge >= 0.3 is 0 Å². The lowest BCUT2D eigenvalue weighted by Gasteiger charge is -1.87. The van der Waals surface area contributed by atoms with E-state index < -0.39 is 0 Å². The van der Waals surface area contributed by atoms with Crippen LogP contribution in [0.5, 0.6) is 0 Å². The summed E-state index contributed by atoms with van der Waals surface area (Å²) in [6.07, 6.45) is 0. The van der Waals surface area contributed by atoms with Gasteiger partial charge in [-0.15, -0.1) is 0 Å². The molecule has 3 nitrogen and oxygen atoms in total. The number of hydrogen-bond acceptors (Lipinski definition) is 1. The van der Waals surface area contributed by atoms with Crippen molar-refractivity contribution in [3.05, 3.63) is 48.5 Å². The highest BCUT2D eigenvalue weighted by atomic mass is 16.1. The highest BCUT2D eigenvalue weighted by Gasteiger charge is 2.00. The fourth-order valence-corrected chi connectivity index (χ4v) is 1.80. The minimum atomic E-state index is -0.333. The first-order valence-electron chi connectivity index (χ1n) is 5.40. The van der Waals surface area contributed by atoms with Crippen LogP contribution in [-0.4, -0.2) is 10.9 Å². The van der Waals surface area contributed by atoms with Gasteiger partial charge in [0.1, 0.15) is 0 Å². The van der Waals surface area contributed by atoms with Crippen molar-refractivity contribution < 1.29 is 4.79 Å². The molecule has 2 aromatic carbocycles. The minimum absolute atomic E-state index is 0.333. The molecule has 0 saturated heterocycles. The summed E-state index contributed by atoms with van der Waals surface area (Å²) in [6.45, 7) is 1.31. The molecule has 86 valence electrons. The predicted molar refractivity (Wildman–Crippen MR) is 70.7 cm³/mol. The van der Waals surface area contributed by atoms with Crippen LogP contribution in [0, 0.1) is 0 Å². The average Bonchev–Trinajstić information content (AvgIpc) is 2.66. The number of H-pyrrole nitrogens is 1. The van der Waals surface area contributed by atoms with Crippen LogP contribution in [0.4, 0.5) is 0 Å². The predicted octanol–water partition coefficient (Wildman–Crippen LogP) is 2.81. The number of primary amides is 1. The zero-order chi connectivity index (χ0) is 12.3. The van der Waals surface area contributed by atoms with Gasteiger partial charge in [0.15, 0.2) is 0 Å². The normalized spacial score (nSPS) is 9.94. The van der Waals surface area contributed by atoms with Gasteiger partial charge in [-0.05, 0) is 12.1 Å². The lowest BCUT2D eigenvalue weighted by molar-refractivity contribution is -0.115. The summed E-state index contributed by atoms with van der Waals surface area (Å²) in [5.41, 5.74) is 6.90. The highest BCUT2D eigenvalue weighted by Crippen LogP contribution is 2.24. The van der Waals surface area contributed by atoms with Gasteiger partial charge in [-0.1, -0.05) is 36.4 Å². The van der Waals surface area contributed by atoms with Crippen LogP contribution in [0.15, 0.2) is 48.5 Å². The molecule has 0 aliphatic carbocycles. The van der Waals surface area contributed by atoms with Gasteiger partial charge in [-0.25, -0.2) is 0 Å². The maximum absolute atomic E-state index is 9.22. The number of nitrogens with two attached hydrogens (primary N) is 1. The van der Waals surface area contributed by atoms with Crippen molar-refractivity contribution in [2.75, 3.05) is 0 Å². The molecule has 1 amide bonds. The van der Waals surface area contributed by atoms with Gasteiger partial charge in [0, 0.05) is 28.7 Å². The summed E-state index contributed by atoms with van der Waals surface area (Å²) < 4.78 is 0. The first-order chi connectivity index (χ1) is 8.18. The van der Waals surface area contributed by atoms with Crippen molar-refractivity contribution in [2.24, 2.45) is 5.73 Å². The number of amides is 1. The smallest absolute Gasteiger partial charge is 0.214 e. The van der Waals surface area contributed by atoms with Crippen molar-refractivity contribution in [3.8, 4) is 0 Å². The molecule has 1 aromatic heterocycles. The van der Waals surface area contributed by atoms with Crippen LogP contribution in [-0.2, 0) is 4.79 Å². The number of carbonyl (C=O) groups is 1. The molecule has 0 atom stereocenters. The number of aromatic amines is 1. The fourth-order valence-electron chi connectivity index (χ4n) is 1.80. The first-order valence-corrected chi connectivity index (χ1v) is 5.40. The Balaban J connectivity index is 0.000000239. The third-order valence-corrected chi connectivity index (χ3v) is 2.41. The molecular weight excluding hydrogens is 212 g/mol. The molecule has 0 saturated carbocycles. The molecule has 0 aliphatic rings. The number of fused-ring (bicyclic) bond motifs is 3. The van der Waals surface area contributed by atoms with E-state index in [1.54, 1.807) is 0 Å². The third kappa shape index (κ3) is 2.45. The summed E-state index contributed by atoms with van der Waals surface area (Å²) in [4.78, 5) is 12.6. The van der Waals surface area contributed by atoms with Gasteiger partial charge in [0.25, 0.3) is 0 Å². The van der Waals surface area contributed by atoms with Gasteiger partial charge in [0.2, 0.25) is 5.91 Å². The van der Waals surface area contributed by atoms with Crippen LogP contribution in [0.2, 0.25) is 0 Å². The molecule has 0 radical (unpaired) electrons. The number of benzene rings is 2. The number of hydrogen-bond donors (Lipinski definition) is 2. The summed E-state index contributed by atoms with van der Waals surface area (Å²) in [5, 5.41) is 2.61. The van der Waals surface area contributed by atoms with E-state index >= 15 is 0 Å². The summed E-state index contributed by atoms with van der Waals surface area (Å²) in [7, 11) is 0. The molecular formula is C14H14N2O. The Bertz CT molecular complexity index is 601. The largest absolute Gasteiger partial charge is 0.370 e. The Hall–Kier alpha value is -2.29. The molecule has 0 fully saturated rings. The maximum atomic E-state index is 9.22. The van der Waals surface area contributed by atoms with Crippen LogP contribution in [0.3, 0.4) is 0 Å². The van der Waals surface area contributed by atoms with Gasteiger partial charge in [-0.3, -0.25) is 4.79 Å². The van der Waals surface area contributed by atoms with Crippen LogP contribution >= 0.6 is 0 Å². The standard InChI is InChI=1S/C12H9N.C2H5NO/c1-3-7-11-9(5-1)10-6-2-4-8-12(10)13-11;1-2(3)4/h1-8,13H;1H3,(H2,3,4). The number of rotatable bonds is 0. The van der Waals surface area contributed by atoms with E-state index in [0.29, 0.717) is 0 Å². The first kappa shape index (κ1) is 11.2. The van der Waals surface area contributed by atoms with Gasteiger partial charge in [0.05, 0.1) is 0 Å². The van der Waals surface area contributed by atoms with Gasteiger partial charge < -0.3 is 10.7 Å². The van der Waals surface area contributed by atoms with E-state index in [1.165, 1.54) is 28.7 Å². The molecule has 3 aromatic rings. The number of carbonyl (C=O) groups excluding carboxylic acids is 1. The molecule has 0 bridgehead atoms. The summed E-state index contributed by atoms with van der Waals surface area (Å²) >= 11 is 0. The molecule has 3 rings (SSSR count). The quantitative estimate of drug-likeness (QED) is 0.608. The van der Waals surface area contributed by atoms with E-state index in [0.717, 1.165) is 0 Å². The molecule has 0 unspecified atom stereocenters. The zero-order valence-corrected chi connectivity index (χ0v) is 9.60. The Morgan fingerprint density at radius 2 is 1.29 bits per heavy atom. The number of para-hydroxylation sites is 2. The summed E-state index contributed by atoms with van der Waals surface area (Å²) in [5.74, 6) is -0.333. The van der Waals surface area contributed by atoms with E-state index in [1.807, 2.05) is 0 Å². The van der Waals surface area contributed by atoms with Crippen LogP contribution in [0.1, 0.15) is 6.92 Å². The lowest BCUT2D eigenvalue weighted by atomic mass is 10.2. The minimum Gasteiger partial charge on any atom is -0.370 e. The van der Waals surface area contributed by atoms with E-state index in [4.69, 9.17) is 0 Å². The fraction of sp³-hybridized carbons (Fsp3) is 0.0714. The second-order valence-corrected chi connectivity index (χ2v) is 3.83. The van der Waals surface area contributed by atoms with Crippen LogP contribution in [0.25, 0.3) is 21.8 Å². The third-order valence-electron chi connectivity index (χ3n) is 2.41. The molecule has 1 heterocycles. The second-order valence-electron chi connectivity index (χ2n) is 3.83. The Morgan fingerprint density at radius 3 is 1.71 bits per heavy atom. The van der Waals surface area contributed by atoms with Crippen molar-refractivity contribution in [3.63, 3.8) is 0 Å². The SMILES string of the molecule is CC(N)=O.c1ccc2c(c1)[nH]c1ccccc12. The zero-order valence-electron chi connectivity index (χ0n) is 9.60. The lowest BCUT2D eigenvalue weighted by Crippen LogP contribution is -2.01. The molecule has 3 N–H and O–H groups in total. The van der Waals surface area contributed by atoms with Crippen LogP contribution < -0.4 is 5.73 Å². The van der Waals surface area contributed by atoms with E-state index in [9.17, 15) is 4.79 Å². The Morgan fingerprint density at radius 1 is 0.941 bits per heavy atom. The average molecular weight is 226 g/mol. The topological polar surface area (TPSA) is 58.9 Å². The van der Waals surface area contributed by atoms with E-state index in [-0.39, 0.29) is 5.91 Å². The monoisotopic (exact) mass is 226 g/mol. The molecule has 17 heavy (non-hydrogen) atoms. The number of aromatic nitrogens is 1. The highest BCUT2D eigenvalue weighted by molar-refractivity contribution is 6.06. The van der Waals surface area contributed by atoms with Crippen molar-refractivity contribution in [2.45, 2.75) is 6.92 Å². The summed E-state index contributed by atoms with van der Waals surface area (Å²) in [6, 6.07) is 16.8. The van der Waals surface area contributed by atoms with Crippen molar-refractivity contribution in [1.29, 1.82) is 0 Å². The van der Waals surface area contributed by atoms with E-state index in [2.05, 4.69) is 59.2 Å². The molecule has 3 heteroatoms. The molecule has 0 spiro atoms. The van der Waals surface area contributed by atoms with Gasteiger partial charge in [-0.2, -0.15) is 0 Å². The maximum Gasteiger partial charge on any atom is 0.214 e.